The second-order valence-electron chi connectivity index (χ2n) is 3.94. The number of hydrogen-bond donors (Lipinski definition) is 1. The van der Waals surface area contributed by atoms with Crippen LogP contribution in [-0.4, -0.2) is 16.4 Å². The molecule has 0 bridgehead atoms. The van der Waals surface area contributed by atoms with Crippen LogP contribution in [0.2, 0.25) is 0 Å². The molecule has 1 aliphatic rings. The molecule has 2 nitrogen and oxygen atoms in total. The van der Waals surface area contributed by atoms with Crippen molar-refractivity contribution < 1.29 is 17.2 Å². The van der Waals surface area contributed by atoms with Crippen molar-refractivity contribution in [3.05, 3.63) is 24.3 Å². The lowest BCUT2D eigenvalue weighted by molar-refractivity contribution is 0.501. The normalized spacial score (nSPS) is 20.4. The number of benzene rings is 1. The summed E-state index contributed by atoms with van der Waals surface area (Å²) in [5, 5.41) is -0.172. The third-order valence-electron chi connectivity index (χ3n) is 2.60. The maximum Gasteiger partial charge on any atom is 0.509 e. The molecule has 0 saturated heterocycles. The van der Waals surface area contributed by atoms with E-state index in [0.717, 1.165) is 37.1 Å². The number of nitrogens with one attached hydrogen (secondary N) is 1. The molecule has 88 valence electrons. The minimum Gasteiger partial charge on any atom is -0.445 e. The first-order valence-corrected chi connectivity index (χ1v) is 6.51. The maximum absolute atomic E-state index is 12.3. The van der Waals surface area contributed by atoms with Crippen molar-refractivity contribution in [2.45, 2.75) is 23.0 Å². The van der Waals surface area contributed by atoms with Crippen LogP contribution in [0.15, 0.2) is 29.2 Å². The summed E-state index contributed by atoms with van der Waals surface area (Å²) >= 11 is 0. The average molecular weight is 248 g/mol. The van der Waals surface area contributed by atoms with Crippen LogP contribution in [0.1, 0.15) is 12.8 Å². The molecule has 0 aromatic heterocycles. The molecule has 7 heteroatoms. The lowest BCUT2D eigenvalue weighted by Crippen LogP contribution is -2.33. The molecule has 1 atom stereocenters. The van der Waals surface area contributed by atoms with Gasteiger partial charge in [0.15, 0.2) is 0 Å². The second kappa shape index (κ2) is 3.51. The summed E-state index contributed by atoms with van der Waals surface area (Å²) in [4.78, 5) is 0.207. The van der Waals surface area contributed by atoms with E-state index in [1.54, 1.807) is 0 Å². The fraction of sp³-hybridized carbons (Fsp3) is 0.333. The second-order valence-corrected chi connectivity index (χ2v) is 6.28. The van der Waals surface area contributed by atoms with Crippen molar-refractivity contribution in [1.82, 2.24) is 0 Å². The summed E-state index contributed by atoms with van der Waals surface area (Å²) < 4.78 is 56.6. The van der Waals surface area contributed by atoms with Gasteiger partial charge in [-0.1, -0.05) is 12.1 Å². The smallest absolute Gasteiger partial charge is 0.445 e. The third kappa shape index (κ3) is 2.09. The van der Waals surface area contributed by atoms with Crippen LogP contribution in [0, 0.1) is 4.78 Å². The van der Waals surface area contributed by atoms with Crippen LogP contribution >= 0.6 is 0 Å². The average Bonchev–Trinajstić information content (AvgIpc) is 3.00. The zero-order chi connectivity index (χ0) is 12.0. The number of halogens is 3. The van der Waals surface area contributed by atoms with E-state index in [0.29, 0.717) is 0 Å². The van der Waals surface area contributed by atoms with Crippen LogP contribution in [0.5, 0.6) is 0 Å². The van der Waals surface area contributed by atoms with E-state index >= 15 is 0 Å². The maximum atomic E-state index is 12.3. The minimum absolute atomic E-state index is 0.172. The van der Waals surface area contributed by atoms with Crippen molar-refractivity contribution in [2.75, 3.05) is 0 Å². The van der Waals surface area contributed by atoms with E-state index in [9.17, 15) is 17.2 Å². The Morgan fingerprint density at radius 1 is 1.19 bits per heavy atom. The molecule has 0 aliphatic heterocycles. The fourth-order valence-electron chi connectivity index (χ4n) is 1.48. The van der Waals surface area contributed by atoms with Crippen LogP contribution < -0.4 is 5.46 Å². The highest BCUT2D eigenvalue weighted by Crippen LogP contribution is 2.33. The molecule has 0 heterocycles. The predicted octanol–water partition coefficient (Wildman–Crippen LogP) is 2.31. The van der Waals surface area contributed by atoms with Gasteiger partial charge in [0.1, 0.15) is 0 Å². The van der Waals surface area contributed by atoms with Crippen LogP contribution in [0.4, 0.5) is 12.9 Å². The van der Waals surface area contributed by atoms with Gasteiger partial charge in [0.2, 0.25) is 0 Å². The topological polar surface area (TPSA) is 40.9 Å². The summed E-state index contributed by atoms with van der Waals surface area (Å²) in [6.07, 6.45) is 1.46. The lowest BCUT2D eigenvalue weighted by atomic mass is 9.80. The van der Waals surface area contributed by atoms with Crippen LogP contribution in [0.3, 0.4) is 0 Å². The summed E-state index contributed by atoms with van der Waals surface area (Å²) in [6.45, 7) is -5.01. The predicted molar refractivity (Wildman–Crippen MR) is 57.3 cm³/mol. The summed E-state index contributed by atoms with van der Waals surface area (Å²) in [5.41, 5.74) is -0.713. The Hall–Kier alpha value is -0.975. The summed E-state index contributed by atoms with van der Waals surface area (Å²) in [6, 6.07) is 4.15. The molecule has 1 fully saturated rings. The minimum atomic E-state index is -5.01. The van der Waals surface area contributed by atoms with E-state index < -0.39 is 22.2 Å². The van der Waals surface area contributed by atoms with E-state index in [2.05, 4.69) is 0 Å². The Labute approximate surface area is 91.9 Å². The van der Waals surface area contributed by atoms with Gasteiger partial charge >= 0.3 is 6.98 Å². The van der Waals surface area contributed by atoms with Gasteiger partial charge in [0.25, 0.3) is 0 Å². The highest BCUT2D eigenvalue weighted by molar-refractivity contribution is 7.93. The first kappa shape index (κ1) is 11.5. The highest BCUT2D eigenvalue weighted by Gasteiger charge is 2.34. The van der Waals surface area contributed by atoms with Crippen molar-refractivity contribution in [2.24, 2.45) is 0 Å². The molecular formula is C9H10BF3NOS-. The highest BCUT2D eigenvalue weighted by atomic mass is 32.2. The Balaban J connectivity index is 2.33. The zero-order valence-electron chi connectivity index (χ0n) is 8.33. The van der Waals surface area contributed by atoms with Crippen molar-refractivity contribution in [3.63, 3.8) is 0 Å². The van der Waals surface area contributed by atoms with E-state index in [1.807, 2.05) is 0 Å². The lowest BCUT2D eigenvalue weighted by Gasteiger charge is -2.15. The molecule has 0 amide bonds. The van der Waals surface area contributed by atoms with Gasteiger partial charge in [-0.25, -0.2) is 8.99 Å². The van der Waals surface area contributed by atoms with E-state index in [1.165, 1.54) is 0 Å². The van der Waals surface area contributed by atoms with Gasteiger partial charge in [-0.05, 0) is 25.0 Å². The first-order chi connectivity index (χ1) is 7.32. The number of rotatable bonds is 3. The molecule has 16 heavy (non-hydrogen) atoms. The molecule has 1 N–H and O–H groups in total. The molecule has 0 spiro atoms. The van der Waals surface area contributed by atoms with Gasteiger partial charge in [-0.15, -0.1) is 5.46 Å². The van der Waals surface area contributed by atoms with Crippen LogP contribution in [0.25, 0.3) is 0 Å². The monoisotopic (exact) mass is 248 g/mol. The molecule has 1 aromatic rings. The molecule has 0 radical (unpaired) electrons. The quantitative estimate of drug-likeness (QED) is 0.819. The van der Waals surface area contributed by atoms with Crippen molar-refractivity contribution in [3.8, 4) is 0 Å². The Bertz CT molecular complexity index is 490. The van der Waals surface area contributed by atoms with Crippen LogP contribution in [-0.2, 0) is 9.73 Å². The third-order valence-corrected chi connectivity index (χ3v) is 4.98. The van der Waals surface area contributed by atoms with Gasteiger partial charge in [-0.3, -0.25) is 0 Å². The Kier molecular flexibility index (Phi) is 2.53. The Morgan fingerprint density at radius 3 is 2.06 bits per heavy atom. The van der Waals surface area contributed by atoms with Gasteiger partial charge < -0.3 is 12.9 Å². The van der Waals surface area contributed by atoms with Crippen molar-refractivity contribution in [1.29, 1.82) is 4.78 Å². The van der Waals surface area contributed by atoms with E-state index in [-0.39, 0.29) is 10.1 Å². The molecule has 1 aromatic carbocycles. The molecule has 2 rings (SSSR count). The Morgan fingerprint density at radius 2 is 1.69 bits per heavy atom. The number of hydrogen-bond acceptors (Lipinski definition) is 2. The van der Waals surface area contributed by atoms with Gasteiger partial charge in [-0.2, -0.15) is 0 Å². The zero-order valence-corrected chi connectivity index (χ0v) is 9.15. The van der Waals surface area contributed by atoms with E-state index in [4.69, 9.17) is 4.78 Å². The SMILES string of the molecule is N=S(=O)(c1ccc([B-](F)(F)F)cc1)C1CC1. The molecule has 1 unspecified atom stereocenters. The fourth-order valence-corrected chi connectivity index (χ4v) is 3.21. The van der Waals surface area contributed by atoms with Gasteiger partial charge in [0.05, 0.1) is 9.73 Å². The molecular weight excluding hydrogens is 238 g/mol. The summed E-state index contributed by atoms with van der Waals surface area (Å²) in [7, 11) is -2.89. The van der Waals surface area contributed by atoms with Gasteiger partial charge in [0, 0.05) is 10.1 Å². The molecule has 1 saturated carbocycles. The molecule has 1 aliphatic carbocycles. The largest absolute Gasteiger partial charge is 0.509 e. The standard InChI is InChI=1S/C9H10BF3NOS/c11-10(12,13)7-1-3-8(4-2-7)16(14,15)9-5-6-9/h1-4,9,14H,5-6H2/q-1. The van der Waals surface area contributed by atoms with Crippen molar-refractivity contribution >= 4 is 22.2 Å². The first-order valence-electron chi connectivity index (χ1n) is 4.89. The summed E-state index contributed by atoms with van der Waals surface area (Å²) in [5.74, 6) is 0.